The summed E-state index contributed by atoms with van der Waals surface area (Å²) in [5.41, 5.74) is 1.41. The summed E-state index contributed by atoms with van der Waals surface area (Å²) in [5.74, 6) is 0.581. The zero-order valence-electron chi connectivity index (χ0n) is 6.20. The van der Waals surface area contributed by atoms with Gasteiger partial charge in [-0.15, -0.1) is 12.6 Å². The van der Waals surface area contributed by atoms with Crippen molar-refractivity contribution < 1.29 is 0 Å². The highest BCUT2D eigenvalue weighted by molar-refractivity contribution is 7.84. The van der Waals surface area contributed by atoms with Crippen molar-refractivity contribution in [1.29, 1.82) is 0 Å². The maximum Gasteiger partial charge on any atom is 0.00665 e. The highest BCUT2D eigenvalue weighted by Gasteiger charge is 2.13. The van der Waals surface area contributed by atoms with E-state index < -0.39 is 0 Å². The van der Waals surface area contributed by atoms with Crippen LogP contribution in [0.1, 0.15) is 6.42 Å². The molecule has 0 spiro atoms. The zero-order chi connectivity index (χ0) is 7.68. The predicted molar refractivity (Wildman–Crippen MR) is 51.5 cm³/mol. The molecule has 0 nitrogen and oxygen atoms in total. The minimum absolute atomic E-state index is 0.581. The van der Waals surface area contributed by atoms with E-state index in [1.54, 1.807) is 0 Å². The predicted octanol–water partition coefficient (Wildman–Crippen LogP) is 2.87. The van der Waals surface area contributed by atoms with Gasteiger partial charge in [0.1, 0.15) is 0 Å². The Morgan fingerprint density at radius 2 is 2.27 bits per heavy atom. The highest BCUT2D eigenvalue weighted by Crippen LogP contribution is 2.29. The molecular weight excluding hydrogens is 152 g/mol. The average Bonchev–Trinajstić information content (AvgIpc) is 2.04. The summed E-state index contributed by atoms with van der Waals surface area (Å²) in [5, 5.41) is 0. The largest absolute Gasteiger partial charge is 0.144 e. The van der Waals surface area contributed by atoms with E-state index in [0.29, 0.717) is 5.92 Å². The van der Waals surface area contributed by atoms with E-state index in [9.17, 15) is 0 Å². The molecule has 0 aromatic carbocycles. The number of thiol groups is 1. The molecule has 2 aliphatic rings. The van der Waals surface area contributed by atoms with Crippen LogP contribution in [0, 0.1) is 5.92 Å². The Kier molecular flexibility index (Phi) is 1.74. The van der Waals surface area contributed by atoms with E-state index in [-0.39, 0.29) is 0 Å². The van der Waals surface area contributed by atoms with Gasteiger partial charge in [-0.3, -0.25) is 0 Å². The van der Waals surface area contributed by atoms with Crippen LogP contribution in [0.5, 0.6) is 0 Å². The smallest absolute Gasteiger partial charge is 0.00665 e. The normalized spacial score (nSPS) is 27.5. The molecule has 0 radical (unpaired) electrons. The lowest BCUT2D eigenvalue weighted by atomic mass is 9.88. The van der Waals surface area contributed by atoms with Crippen molar-refractivity contribution in [3.05, 3.63) is 46.9 Å². The van der Waals surface area contributed by atoms with Gasteiger partial charge in [0.2, 0.25) is 0 Å². The molecule has 0 aromatic rings. The number of rotatable bonds is 0. The molecule has 1 atom stereocenters. The van der Waals surface area contributed by atoms with E-state index in [2.05, 4.69) is 43.0 Å². The molecule has 1 unspecified atom stereocenters. The van der Waals surface area contributed by atoms with Crippen LogP contribution in [0.3, 0.4) is 0 Å². The molecule has 0 heterocycles. The molecule has 0 aromatic heterocycles. The third kappa shape index (κ3) is 1.33. The Morgan fingerprint density at radius 1 is 1.36 bits per heavy atom. The van der Waals surface area contributed by atoms with Crippen LogP contribution in [0.25, 0.3) is 0 Å². The number of fused-ring (bicyclic) bond motifs is 1. The van der Waals surface area contributed by atoms with Crippen molar-refractivity contribution in [3.63, 3.8) is 0 Å². The second-order valence-corrected chi connectivity index (χ2v) is 3.38. The van der Waals surface area contributed by atoms with Crippen LogP contribution in [0.15, 0.2) is 46.9 Å². The van der Waals surface area contributed by atoms with Gasteiger partial charge in [0.05, 0.1) is 0 Å². The van der Waals surface area contributed by atoms with E-state index in [0.717, 1.165) is 11.3 Å². The van der Waals surface area contributed by atoms with Crippen molar-refractivity contribution in [2.24, 2.45) is 5.92 Å². The van der Waals surface area contributed by atoms with Crippen molar-refractivity contribution in [1.82, 2.24) is 0 Å². The van der Waals surface area contributed by atoms with Crippen LogP contribution in [0.4, 0.5) is 0 Å². The first-order valence-electron chi connectivity index (χ1n) is 3.82. The summed E-state index contributed by atoms with van der Waals surface area (Å²) < 4.78 is 0. The van der Waals surface area contributed by atoms with Crippen LogP contribution in [-0.2, 0) is 0 Å². The maximum atomic E-state index is 4.30. The molecule has 0 saturated carbocycles. The van der Waals surface area contributed by atoms with Gasteiger partial charge >= 0.3 is 0 Å². The minimum atomic E-state index is 0.581. The third-order valence-electron chi connectivity index (χ3n) is 2.06. The van der Waals surface area contributed by atoms with Gasteiger partial charge in [0.15, 0.2) is 0 Å². The molecule has 0 N–H and O–H groups in total. The molecule has 0 saturated heterocycles. The Morgan fingerprint density at radius 3 is 3.18 bits per heavy atom. The highest BCUT2D eigenvalue weighted by atomic mass is 32.1. The Labute approximate surface area is 72.4 Å². The molecule has 0 aliphatic heterocycles. The lowest BCUT2D eigenvalue weighted by molar-refractivity contribution is 0.778. The van der Waals surface area contributed by atoms with Crippen molar-refractivity contribution in [2.45, 2.75) is 6.42 Å². The van der Waals surface area contributed by atoms with E-state index in [4.69, 9.17) is 0 Å². The van der Waals surface area contributed by atoms with Crippen LogP contribution in [-0.4, -0.2) is 0 Å². The summed E-state index contributed by atoms with van der Waals surface area (Å²) in [6.45, 7) is 0. The second-order valence-electron chi connectivity index (χ2n) is 2.86. The van der Waals surface area contributed by atoms with Gasteiger partial charge in [0.25, 0.3) is 0 Å². The zero-order valence-corrected chi connectivity index (χ0v) is 7.09. The summed E-state index contributed by atoms with van der Waals surface area (Å²) in [6, 6.07) is 0. The van der Waals surface area contributed by atoms with Gasteiger partial charge in [-0.25, -0.2) is 0 Å². The van der Waals surface area contributed by atoms with E-state index >= 15 is 0 Å². The summed E-state index contributed by atoms with van der Waals surface area (Å²) in [4.78, 5) is 1.09. The van der Waals surface area contributed by atoms with Gasteiger partial charge in [-0.05, 0) is 18.1 Å². The second kappa shape index (κ2) is 2.74. The number of hydrogen-bond donors (Lipinski definition) is 1. The fourth-order valence-corrected chi connectivity index (χ4v) is 1.71. The van der Waals surface area contributed by atoms with Crippen LogP contribution in [0.2, 0.25) is 0 Å². The topological polar surface area (TPSA) is 0 Å². The Hall–Kier alpha value is -0.690. The van der Waals surface area contributed by atoms with E-state index in [1.807, 2.05) is 6.08 Å². The maximum absolute atomic E-state index is 4.30. The van der Waals surface area contributed by atoms with Gasteiger partial charge in [0, 0.05) is 10.8 Å². The van der Waals surface area contributed by atoms with E-state index in [1.165, 1.54) is 5.57 Å². The minimum Gasteiger partial charge on any atom is -0.144 e. The van der Waals surface area contributed by atoms with Gasteiger partial charge in [-0.1, -0.05) is 30.4 Å². The first-order valence-corrected chi connectivity index (χ1v) is 4.26. The molecule has 0 fully saturated rings. The first kappa shape index (κ1) is 6.99. The van der Waals surface area contributed by atoms with Crippen LogP contribution < -0.4 is 0 Å². The lowest BCUT2D eigenvalue weighted by Gasteiger charge is -2.18. The number of hydrogen-bond acceptors (Lipinski definition) is 1. The molecular formula is C10H10S. The quantitative estimate of drug-likeness (QED) is 0.520. The SMILES string of the molecule is SC1=CC2CC=CC=C2C=C1. The third-order valence-corrected chi connectivity index (χ3v) is 2.36. The molecule has 2 aliphatic carbocycles. The standard InChI is InChI=1S/C10H10S/c11-10-6-5-8-3-1-2-4-9(8)7-10/h1-3,5-7,9,11H,4H2. The fraction of sp³-hybridized carbons (Fsp3) is 0.200. The molecule has 0 bridgehead atoms. The molecule has 0 amide bonds. The number of allylic oxidation sites excluding steroid dienone is 7. The molecule has 2 rings (SSSR count). The lowest BCUT2D eigenvalue weighted by Crippen LogP contribution is -2.03. The molecule has 11 heavy (non-hydrogen) atoms. The van der Waals surface area contributed by atoms with Crippen molar-refractivity contribution in [2.75, 3.05) is 0 Å². The average molecular weight is 162 g/mol. The van der Waals surface area contributed by atoms with Crippen LogP contribution >= 0.6 is 12.6 Å². The van der Waals surface area contributed by atoms with Gasteiger partial charge in [-0.2, -0.15) is 0 Å². The van der Waals surface area contributed by atoms with Crippen molar-refractivity contribution in [3.8, 4) is 0 Å². The van der Waals surface area contributed by atoms with Gasteiger partial charge < -0.3 is 0 Å². The summed E-state index contributed by atoms with van der Waals surface area (Å²) in [6.07, 6.45) is 14.0. The fourth-order valence-electron chi connectivity index (χ4n) is 1.45. The van der Waals surface area contributed by atoms with Crippen molar-refractivity contribution >= 4 is 12.6 Å². The Balaban J connectivity index is 2.33. The summed E-state index contributed by atoms with van der Waals surface area (Å²) >= 11 is 4.30. The molecule has 1 heteroatoms. The Bertz CT molecular complexity index is 279. The summed E-state index contributed by atoms with van der Waals surface area (Å²) in [7, 11) is 0. The first-order chi connectivity index (χ1) is 5.36. The monoisotopic (exact) mass is 162 g/mol. The molecule has 56 valence electrons.